The topological polar surface area (TPSA) is 38.8 Å². The molecule has 6 heteroatoms. The van der Waals surface area contributed by atoms with Gasteiger partial charge in [-0.1, -0.05) is 6.07 Å². The van der Waals surface area contributed by atoms with Gasteiger partial charge in [0, 0.05) is 25.9 Å². The fourth-order valence-electron chi connectivity index (χ4n) is 2.54. The molecule has 1 saturated heterocycles. The highest BCUT2D eigenvalue weighted by atomic mass is 19.3. The Morgan fingerprint density at radius 1 is 1.37 bits per heavy atom. The molecule has 0 spiro atoms. The first-order valence-corrected chi connectivity index (χ1v) is 6.10. The van der Waals surface area contributed by atoms with Crippen molar-refractivity contribution in [1.82, 2.24) is 4.90 Å². The molecule has 0 N–H and O–H groups in total. The van der Waals surface area contributed by atoms with Crippen LogP contribution in [0.25, 0.3) is 0 Å². The molecule has 4 nitrogen and oxygen atoms in total. The van der Waals surface area contributed by atoms with E-state index in [1.54, 1.807) is 17.0 Å². The van der Waals surface area contributed by atoms with Gasteiger partial charge in [0.25, 0.3) is 0 Å². The van der Waals surface area contributed by atoms with Crippen LogP contribution in [0.4, 0.5) is 8.78 Å². The Hall–Kier alpha value is -1.85. The standard InChI is InChI=1S/C13H13F2NO3/c1-8(17)16-5-4-10(7-16)9-2-3-11-12(6-9)19-13(14,15)18-11/h2-3,6,10H,4-5,7H2,1H3. The van der Waals surface area contributed by atoms with Gasteiger partial charge in [-0.3, -0.25) is 4.79 Å². The number of halogens is 2. The molecule has 0 aromatic heterocycles. The van der Waals surface area contributed by atoms with E-state index in [-0.39, 0.29) is 23.3 Å². The number of hydrogen-bond acceptors (Lipinski definition) is 3. The second-order valence-corrected chi connectivity index (χ2v) is 4.82. The van der Waals surface area contributed by atoms with Crippen molar-refractivity contribution in [3.8, 4) is 11.5 Å². The average Bonchev–Trinajstić information content (AvgIpc) is 2.89. The van der Waals surface area contributed by atoms with Crippen molar-refractivity contribution in [3.63, 3.8) is 0 Å². The Kier molecular flexibility index (Phi) is 2.62. The van der Waals surface area contributed by atoms with Gasteiger partial charge in [-0.05, 0) is 24.1 Å². The highest BCUT2D eigenvalue weighted by Gasteiger charge is 2.43. The lowest BCUT2D eigenvalue weighted by molar-refractivity contribution is -0.286. The molecular formula is C13H13F2NO3. The predicted molar refractivity (Wildman–Crippen MR) is 62.3 cm³/mol. The Morgan fingerprint density at radius 3 is 2.79 bits per heavy atom. The zero-order valence-corrected chi connectivity index (χ0v) is 10.4. The van der Waals surface area contributed by atoms with Crippen LogP contribution in [0.2, 0.25) is 0 Å². The number of carbonyl (C=O) groups excluding carboxylic acids is 1. The molecule has 1 amide bonds. The smallest absolute Gasteiger partial charge is 0.395 e. The van der Waals surface area contributed by atoms with E-state index in [1.807, 2.05) is 0 Å². The van der Waals surface area contributed by atoms with Crippen LogP contribution >= 0.6 is 0 Å². The van der Waals surface area contributed by atoms with Crippen LogP contribution in [-0.4, -0.2) is 30.2 Å². The summed E-state index contributed by atoms with van der Waals surface area (Å²) in [7, 11) is 0. The summed E-state index contributed by atoms with van der Waals surface area (Å²) in [5.74, 6) is 0.306. The molecule has 2 heterocycles. The third-order valence-corrected chi connectivity index (χ3v) is 3.53. The number of nitrogens with zero attached hydrogens (tertiary/aromatic N) is 1. The third kappa shape index (κ3) is 2.22. The maximum atomic E-state index is 12.9. The summed E-state index contributed by atoms with van der Waals surface area (Å²) in [5.41, 5.74) is 0.892. The van der Waals surface area contributed by atoms with E-state index in [0.29, 0.717) is 13.1 Å². The molecule has 1 fully saturated rings. The number of fused-ring (bicyclic) bond motifs is 1. The van der Waals surface area contributed by atoms with Crippen molar-refractivity contribution in [3.05, 3.63) is 23.8 Å². The van der Waals surface area contributed by atoms with Crippen LogP contribution in [0.15, 0.2) is 18.2 Å². The van der Waals surface area contributed by atoms with E-state index >= 15 is 0 Å². The molecule has 19 heavy (non-hydrogen) atoms. The van der Waals surface area contributed by atoms with E-state index in [2.05, 4.69) is 9.47 Å². The van der Waals surface area contributed by atoms with Gasteiger partial charge in [0.05, 0.1) is 0 Å². The number of rotatable bonds is 1. The van der Waals surface area contributed by atoms with E-state index in [1.165, 1.54) is 13.0 Å². The molecule has 3 rings (SSSR count). The summed E-state index contributed by atoms with van der Waals surface area (Å²) in [6.45, 7) is 2.85. The van der Waals surface area contributed by atoms with Crippen LogP contribution in [0.5, 0.6) is 11.5 Å². The lowest BCUT2D eigenvalue weighted by Gasteiger charge is -2.14. The first-order valence-electron chi connectivity index (χ1n) is 6.10. The fraction of sp³-hybridized carbons (Fsp3) is 0.462. The largest absolute Gasteiger partial charge is 0.586 e. The van der Waals surface area contributed by atoms with Gasteiger partial charge >= 0.3 is 6.29 Å². The molecule has 102 valence electrons. The molecular weight excluding hydrogens is 256 g/mol. The highest BCUT2D eigenvalue weighted by molar-refractivity contribution is 5.73. The van der Waals surface area contributed by atoms with Crippen molar-refractivity contribution in [1.29, 1.82) is 0 Å². The predicted octanol–water partition coefficient (Wildman–Crippen LogP) is 2.34. The van der Waals surface area contributed by atoms with E-state index in [9.17, 15) is 13.6 Å². The van der Waals surface area contributed by atoms with E-state index in [0.717, 1.165) is 12.0 Å². The summed E-state index contributed by atoms with van der Waals surface area (Å²) in [6, 6.07) is 4.81. The molecule has 2 aliphatic heterocycles. The number of hydrogen-bond donors (Lipinski definition) is 0. The third-order valence-electron chi connectivity index (χ3n) is 3.53. The Labute approximate surface area is 108 Å². The fourth-order valence-corrected chi connectivity index (χ4v) is 2.54. The van der Waals surface area contributed by atoms with Gasteiger partial charge in [0.1, 0.15) is 0 Å². The van der Waals surface area contributed by atoms with Crippen LogP contribution in [0, 0.1) is 0 Å². The highest BCUT2D eigenvalue weighted by Crippen LogP contribution is 2.43. The normalized spacial score (nSPS) is 23.7. The van der Waals surface area contributed by atoms with Crippen LogP contribution in [-0.2, 0) is 4.79 Å². The quantitative estimate of drug-likeness (QED) is 0.785. The van der Waals surface area contributed by atoms with E-state index in [4.69, 9.17) is 0 Å². The number of likely N-dealkylation sites (tertiary alicyclic amines) is 1. The van der Waals surface area contributed by atoms with Crippen molar-refractivity contribution < 1.29 is 23.0 Å². The van der Waals surface area contributed by atoms with Crippen LogP contribution in [0.1, 0.15) is 24.8 Å². The van der Waals surface area contributed by atoms with E-state index < -0.39 is 6.29 Å². The summed E-state index contributed by atoms with van der Waals surface area (Å²) < 4.78 is 34.6. The zero-order valence-electron chi connectivity index (χ0n) is 10.4. The van der Waals surface area contributed by atoms with Crippen LogP contribution in [0.3, 0.4) is 0 Å². The zero-order chi connectivity index (χ0) is 13.6. The van der Waals surface area contributed by atoms with Gasteiger partial charge in [0.15, 0.2) is 11.5 Å². The molecule has 0 bridgehead atoms. The number of carbonyl (C=O) groups is 1. The Balaban J connectivity index is 1.80. The van der Waals surface area contributed by atoms with Gasteiger partial charge in [-0.2, -0.15) is 0 Å². The molecule has 0 aliphatic carbocycles. The minimum Gasteiger partial charge on any atom is -0.395 e. The maximum absolute atomic E-state index is 12.9. The Morgan fingerprint density at radius 2 is 2.11 bits per heavy atom. The SMILES string of the molecule is CC(=O)N1CCC(c2ccc3c(c2)OC(F)(F)O3)C1. The number of benzene rings is 1. The molecule has 0 saturated carbocycles. The molecule has 1 atom stereocenters. The monoisotopic (exact) mass is 269 g/mol. The first kappa shape index (κ1) is 12.2. The molecule has 0 radical (unpaired) electrons. The second kappa shape index (κ2) is 4.08. The van der Waals surface area contributed by atoms with Gasteiger partial charge in [0.2, 0.25) is 5.91 Å². The van der Waals surface area contributed by atoms with Gasteiger partial charge in [-0.25, -0.2) is 0 Å². The average molecular weight is 269 g/mol. The van der Waals surface area contributed by atoms with Crippen LogP contribution < -0.4 is 9.47 Å². The maximum Gasteiger partial charge on any atom is 0.586 e. The Bertz CT molecular complexity index is 533. The number of amides is 1. The number of alkyl halides is 2. The summed E-state index contributed by atoms with van der Waals surface area (Å²) in [5, 5.41) is 0. The summed E-state index contributed by atoms with van der Waals surface area (Å²) >= 11 is 0. The molecule has 1 aromatic carbocycles. The minimum absolute atomic E-state index is 0.0368. The number of ether oxygens (including phenoxy) is 2. The van der Waals surface area contributed by atoms with Crippen molar-refractivity contribution in [2.45, 2.75) is 25.6 Å². The van der Waals surface area contributed by atoms with Gasteiger partial charge in [-0.15, -0.1) is 8.78 Å². The summed E-state index contributed by atoms with van der Waals surface area (Å²) in [4.78, 5) is 13.0. The first-order chi connectivity index (χ1) is 8.94. The molecule has 1 aromatic rings. The lowest BCUT2D eigenvalue weighted by Crippen LogP contribution is -2.26. The summed E-state index contributed by atoms with van der Waals surface area (Å²) in [6.07, 6.45) is -2.75. The molecule has 2 aliphatic rings. The van der Waals surface area contributed by atoms with Gasteiger partial charge < -0.3 is 14.4 Å². The molecule has 1 unspecified atom stereocenters. The second-order valence-electron chi connectivity index (χ2n) is 4.82. The van der Waals surface area contributed by atoms with Crippen molar-refractivity contribution >= 4 is 5.91 Å². The lowest BCUT2D eigenvalue weighted by atomic mass is 9.98. The van der Waals surface area contributed by atoms with Crippen molar-refractivity contribution in [2.24, 2.45) is 0 Å². The van der Waals surface area contributed by atoms with Crippen molar-refractivity contribution in [2.75, 3.05) is 13.1 Å². The minimum atomic E-state index is -3.58.